The molecule has 0 radical (unpaired) electrons. The first-order valence-electron chi connectivity index (χ1n) is 6.83. The molecule has 118 valence electrons. The molecule has 0 aliphatic carbocycles. The Labute approximate surface area is 124 Å². The minimum Gasteiger partial charge on any atom is -0.378 e. The van der Waals surface area contributed by atoms with Crippen molar-refractivity contribution >= 4 is 0 Å². The van der Waals surface area contributed by atoms with Gasteiger partial charge in [-0.15, -0.1) is 0 Å². The van der Waals surface area contributed by atoms with Crippen LogP contribution >= 0.6 is 0 Å². The number of halogens is 3. The number of nitrogens with one attached hydrogen (secondary N) is 1. The van der Waals surface area contributed by atoms with Crippen molar-refractivity contribution in [1.82, 2.24) is 15.5 Å². The van der Waals surface area contributed by atoms with Gasteiger partial charge in [-0.1, -0.05) is 23.4 Å². The summed E-state index contributed by atoms with van der Waals surface area (Å²) in [6, 6.07) is 5.18. The van der Waals surface area contributed by atoms with Gasteiger partial charge in [0, 0.05) is 6.54 Å². The summed E-state index contributed by atoms with van der Waals surface area (Å²) in [5, 5.41) is 6.98. The number of hydrogen-bond acceptors (Lipinski definition) is 5. The molecular formula is C14H14F3N3O2. The number of benzene rings is 1. The molecule has 0 unspecified atom stereocenters. The van der Waals surface area contributed by atoms with Gasteiger partial charge in [0.2, 0.25) is 5.89 Å². The molecule has 0 bridgehead atoms. The first-order chi connectivity index (χ1) is 10.5. The Bertz CT molecular complexity index is 636. The fourth-order valence-electron chi connectivity index (χ4n) is 2.33. The zero-order valence-electron chi connectivity index (χ0n) is 11.6. The van der Waals surface area contributed by atoms with E-state index in [9.17, 15) is 13.2 Å². The number of rotatable bonds is 3. The predicted molar refractivity (Wildman–Crippen MR) is 70.1 cm³/mol. The van der Waals surface area contributed by atoms with E-state index < -0.39 is 11.7 Å². The fourth-order valence-corrected chi connectivity index (χ4v) is 2.33. The summed E-state index contributed by atoms with van der Waals surface area (Å²) >= 11 is 0. The number of hydrogen-bond donors (Lipinski definition) is 1. The summed E-state index contributed by atoms with van der Waals surface area (Å²) in [5.41, 5.74) is -0.577. The van der Waals surface area contributed by atoms with Gasteiger partial charge in [-0.25, -0.2) is 0 Å². The molecule has 22 heavy (non-hydrogen) atoms. The van der Waals surface area contributed by atoms with Crippen molar-refractivity contribution in [1.29, 1.82) is 0 Å². The lowest BCUT2D eigenvalue weighted by Crippen LogP contribution is -2.35. The van der Waals surface area contributed by atoms with Gasteiger partial charge in [-0.3, -0.25) is 0 Å². The standard InChI is InChI=1S/C14H14F3N3O2/c15-14(16,17)10-4-2-1-3-9(10)7-12-19-13(20-22-12)11-8-21-6-5-18-11/h1-4,11,18H,5-8H2/t11-/m0/s1. The first kappa shape index (κ1) is 15.0. The van der Waals surface area contributed by atoms with E-state index in [4.69, 9.17) is 9.26 Å². The van der Waals surface area contributed by atoms with E-state index in [1.807, 2.05) is 0 Å². The van der Waals surface area contributed by atoms with E-state index >= 15 is 0 Å². The minimum atomic E-state index is -4.40. The summed E-state index contributed by atoms with van der Waals surface area (Å²) in [6.07, 6.45) is -4.46. The normalized spacial score (nSPS) is 19.3. The monoisotopic (exact) mass is 313 g/mol. The highest BCUT2D eigenvalue weighted by atomic mass is 19.4. The molecule has 5 nitrogen and oxygen atoms in total. The Kier molecular flexibility index (Phi) is 4.12. The van der Waals surface area contributed by atoms with E-state index in [0.29, 0.717) is 25.6 Å². The van der Waals surface area contributed by atoms with Gasteiger partial charge < -0.3 is 14.6 Å². The molecule has 1 saturated heterocycles. The molecular weight excluding hydrogens is 299 g/mol. The van der Waals surface area contributed by atoms with E-state index in [0.717, 1.165) is 6.07 Å². The van der Waals surface area contributed by atoms with Gasteiger partial charge in [0.05, 0.1) is 31.2 Å². The molecule has 0 amide bonds. The Morgan fingerprint density at radius 2 is 2.09 bits per heavy atom. The van der Waals surface area contributed by atoms with Gasteiger partial charge in [-0.2, -0.15) is 18.2 Å². The van der Waals surface area contributed by atoms with E-state index in [1.165, 1.54) is 12.1 Å². The molecule has 1 fully saturated rings. The molecule has 8 heteroatoms. The van der Waals surface area contributed by atoms with Crippen LogP contribution in [0.1, 0.15) is 28.9 Å². The second-order valence-corrected chi connectivity index (χ2v) is 4.96. The lowest BCUT2D eigenvalue weighted by atomic mass is 10.0. The molecule has 2 heterocycles. The van der Waals surface area contributed by atoms with Gasteiger partial charge in [0.25, 0.3) is 0 Å². The smallest absolute Gasteiger partial charge is 0.378 e. The van der Waals surface area contributed by atoms with Crippen molar-refractivity contribution in [3.8, 4) is 0 Å². The van der Waals surface area contributed by atoms with Crippen molar-refractivity contribution < 1.29 is 22.4 Å². The average molecular weight is 313 g/mol. The van der Waals surface area contributed by atoms with Crippen LogP contribution in [0.5, 0.6) is 0 Å². The summed E-state index contributed by atoms with van der Waals surface area (Å²) in [6.45, 7) is 1.70. The molecule has 1 aliphatic heterocycles. The van der Waals surface area contributed by atoms with Crippen molar-refractivity contribution in [2.45, 2.75) is 18.6 Å². The van der Waals surface area contributed by atoms with Crippen molar-refractivity contribution in [3.05, 3.63) is 47.1 Å². The quantitative estimate of drug-likeness (QED) is 0.942. The maximum Gasteiger partial charge on any atom is 0.416 e. The van der Waals surface area contributed by atoms with Crippen molar-refractivity contribution in [2.24, 2.45) is 0 Å². The van der Waals surface area contributed by atoms with E-state index in [-0.39, 0.29) is 23.9 Å². The second-order valence-electron chi connectivity index (χ2n) is 4.96. The highest BCUT2D eigenvalue weighted by molar-refractivity contribution is 5.31. The van der Waals surface area contributed by atoms with Crippen LogP contribution in [-0.4, -0.2) is 29.9 Å². The van der Waals surface area contributed by atoms with Gasteiger partial charge in [-0.05, 0) is 11.6 Å². The third kappa shape index (κ3) is 3.28. The summed E-state index contributed by atoms with van der Waals surface area (Å²) in [7, 11) is 0. The SMILES string of the molecule is FC(F)(F)c1ccccc1Cc1nc([C@@H]2COCCN2)no1. The van der Waals surface area contributed by atoms with Crippen LogP contribution in [0.3, 0.4) is 0 Å². The van der Waals surface area contributed by atoms with E-state index in [1.54, 1.807) is 6.07 Å². The highest BCUT2D eigenvalue weighted by Crippen LogP contribution is 2.32. The molecule has 1 atom stereocenters. The molecule has 0 spiro atoms. The van der Waals surface area contributed by atoms with Gasteiger partial charge in [0.1, 0.15) is 0 Å². The largest absolute Gasteiger partial charge is 0.416 e. The third-order valence-electron chi connectivity index (χ3n) is 3.38. The zero-order chi connectivity index (χ0) is 15.6. The average Bonchev–Trinajstić information content (AvgIpc) is 2.96. The summed E-state index contributed by atoms with van der Waals surface area (Å²) in [5.74, 6) is 0.554. The molecule has 3 rings (SSSR count). The number of ether oxygens (including phenoxy) is 1. The maximum atomic E-state index is 13.0. The van der Waals surface area contributed by atoms with Gasteiger partial charge >= 0.3 is 6.18 Å². The third-order valence-corrected chi connectivity index (χ3v) is 3.38. The molecule has 2 aromatic rings. The zero-order valence-corrected chi connectivity index (χ0v) is 11.6. The van der Waals surface area contributed by atoms with Crippen LogP contribution < -0.4 is 5.32 Å². The van der Waals surface area contributed by atoms with E-state index in [2.05, 4.69) is 15.5 Å². The number of morpholine rings is 1. The lowest BCUT2D eigenvalue weighted by Gasteiger charge is -2.20. The Morgan fingerprint density at radius 1 is 1.27 bits per heavy atom. The Morgan fingerprint density at radius 3 is 2.82 bits per heavy atom. The summed E-state index contributed by atoms with van der Waals surface area (Å²) < 4.78 is 49.2. The van der Waals surface area contributed by atoms with Crippen LogP contribution in [0.4, 0.5) is 13.2 Å². The summed E-state index contributed by atoms with van der Waals surface area (Å²) in [4.78, 5) is 4.16. The Hall–Kier alpha value is -1.93. The highest BCUT2D eigenvalue weighted by Gasteiger charge is 2.33. The molecule has 1 N–H and O–H groups in total. The molecule has 1 aliphatic rings. The number of alkyl halides is 3. The molecule has 0 saturated carbocycles. The topological polar surface area (TPSA) is 60.2 Å². The van der Waals surface area contributed by atoms with Gasteiger partial charge in [0.15, 0.2) is 5.82 Å². The second kappa shape index (κ2) is 6.05. The predicted octanol–water partition coefficient (Wildman–Crippen LogP) is 2.34. The van der Waals surface area contributed by atoms with Crippen LogP contribution in [0, 0.1) is 0 Å². The van der Waals surface area contributed by atoms with Crippen LogP contribution in [0.15, 0.2) is 28.8 Å². The minimum absolute atomic E-state index is 0.0593. The van der Waals surface area contributed by atoms with Crippen LogP contribution in [0.25, 0.3) is 0 Å². The van der Waals surface area contributed by atoms with Crippen LogP contribution in [-0.2, 0) is 17.3 Å². The molecule has 1 aromatic heterocycles. The number of nitrogens with zero attached hydrogens (tertiary/aromatic N) is 2. The Balaban J connectivity index is 1.78. The maximum absolute atomic E-state index is 13.0. The fraction of sp³-hybridized carbons (Fsp3) is 0.429. The van der Waals surface area contributed by atoms with Crippen molar-refractivity contribution in [3.63, 3.8) is 0 Å². The number of aromatic nitrogens is 2. The van der Waals surface area contributed by atoms with Crippen LogP contribution in [0.2, 0.25) is 0 Å². The first-order valence-corrected chi connectivity index (χ1v) is 6.83. The van der Waals surface area contributed by atoms with Crippen molar-refractivity contribution in [2.75, 3.05) is 19.8 Å². The molecule has 1 aromatic carbocycles. The lowest BCUT2D eigenvalue weighted by molar-refractivity contribution is -0.138.